The van der Waals surface area contributed by atoms with E-state index in [0.717, 1.165) is 0 Å². The van der Waals surface area contributed by atoms with Gasteiger partial charge in [0.25, 0.3) is 0 Å². The van der Waals surface area contributed by atoms with Gasteiger partial charge in [-0.25, -0.2) is 4.79 Å². The van der Waals surface area contributed by atoms with E-state index in [1.165, 1.54) is 27.5 Å². The number of nitrogens with zero attached hydrogens (tertiary/aromatic N) is 1. The van der Waals surface area contributed by atoms with Crippen LogP contribution >= 0.6 is 0 Å². The van der Waals surface area contributed by atoms with Gasteiger partial charge in [-0.05, 0) is 43.3 Å². The van der Waals surface area contributed by atoms with E-state index in [-0.39, 0.29) is 11.5 Å². The Morgan fingerprint density at radius 3 is 2.36 bits per heavy atom. The number of hydrogen-bond acceptors (Lipinski definition) is 8. The fourth-order valence-electron chi connectivity index (χ4n) is 3.43. The first-order chi connectivity index (χ1) is 16.0. The molecule has 33 heavy (non-hydrogen) atoms. The largest absolute Gasteiger partial charge is 0.496 e. The van der Waals surface area contributed by atoms with Crippen LogP contribution in [-0.2, 0) is 0 Å². The third-order valence-electron chi connectivity index (χ3n) is 5.16. The molecule has 0 saturated heterocycles. The van der Waals surface area contributed by atoms with Crippen molar-refractivity contribution in [3.63, 3.8) is 0 Å². The van der Waals surface area contributed by atoms with Crippen molar-refractivity contribution in [2.24, 2.45) is 0 Å². The molecule has 0 radical (unpaired) electrons. The first-order valence-corrected chi connectivity index (χ1v) is 9.97. The number of benzene rings is 2. The molecule has 0 N–H and O–H groups in total. The lowest BCUT2D eigenvalue weighted by Crippen LogP contribution is -2.09. The normalized spacial score (nSPS) is 13.3. The molecule has 168 valence electrons. The van der Waals surface area contributed by atoms with Crippen molar-refractivity contribution in [3.8, 4) is 28.7 Å². The average molecular weight is 447 g/mol. The lowest BCUT2D eigenvalue weighted by atomic mass is 10.1. The number of rotatable bonds is 6. The molecule has 1 aromatic heterocycles. The Labute approximate surface area is 190 Å². The summed E-state index contributed by atoms with van der Waals surface area (Å²) >= 11 is 0. The van der Waals surface area contributed by atoms with Crippen molar-refractivity contribution in [2.75, 3.05) is 21.3 Å². The number of ether oxygens (including phenoxy) is 5. The molecule has 2 heterocycles. The van der Waals surface area contributed by atoms with Crippen LogP contribution in [0.3, 0.4) is 0 Å². The highest BCUT2D eigenvalue weighted by atomic mass is 16.5. The second-order valence-electron chi connectivity index (χ2n) is 7.09. The number of carbonyl (C=O) groups is 2. The van der Waals surface area contributed by atoms with Gasteiger partial charge >= 0.3 is 5.97 Å². The molecule has 0 unspecified atom stereocenters. The quantitative estimate of drug-likeness (QED) is 0.315. The van der Waals surface area contributed by atoms with Gasteiger partial charge < -0.3 is 23.7 Å². The van der Waals surface area contributed by atoms with E-state index in [9.17, 15) is 9.59 Å². The summed E-state index contributed by atoms with van der Waals surface area (Å²) in [4.78, 5) is 29.3. The molecule has 3 aromatic rings. The topological polar surface area (TPSA) is 93.2 Å². The zero-order valence-corrected chi connectivity index (χ0v) is 18.5. The molecule has 0 spiro atoms. The number of methoxy groups -OCH3 is 3. The van der Waals surface area contributed by atoms with Crippen LogP contribution in [0.5, 0.6) is 28.7 Å². The Kier molecular flexibility index (Phi) is 5.99. The number of esters is 1. The molecular weight excluding hydrogens is 426 g/mol. The van der Waals surface area contributed by atoms with E-state index in [1.807, 2.05) is 0 Å². The highest BCUT2D eigenvalue weighted by Gasteiger charge is 2.31. The number of fused-ring (bicyclic) bond motifs is 1. The smallest absolute Gasteiger partial charge is 0.345 e. The highest BCUT2D eigenvalue weighted by molar-refractivity contribution is 6.15. The number of carbonyl (C=O) groups excluding carboxylic acids is 2. The Hall–Kier alpha value is -4.33. The van der Waals surface area contributed by atoms with Crippen molar-refractivity contribution in [2.45, 2.75) is 6.92 Å². The van der Waals surface area contributed by atoms with Gasteiger partial charge in [0, 0.05) is 29.6 Å². The Morgan fingerprint density at radius 1 is 0.970 bits per heavy atom. The van der Waals surface area contributed by atoms with E-state index in [0.29, 0.717) is 51.0 Å². The van der Waals surface area contributed by atoms with Gasteiger partial charge in [0.15, 0.2) is 17.3 Å². The average Bonchev–Trinajstić information content (AvgIpc) is 3.16. The molecule has 0 fully saturated rings. The first kappa shape index (κ1) is 21.9. The molecule has 0 saturated carbocycles. The third kappa shape index (κ3) is 4.10. The molecule has 2 aromatic carbocycles. The van der Waals surface area contributed by atoms with Gasteiger partial charge in [-0.2, -0.15) is 0 Å². The van der Waals surface area contributed by atoms with Crippen molar-refractivity contribution in [1.82, 2.24) is 4.98 Å². The van der Waals surface area contributed by atoms with Crippen LogP contribution in [0.2, 0.25) is 0 Å². The number of Topliss-reactive ketones (excluding diaryl/α,β-unsaturated/α-hetero) is 1. The number of ketones is 1. The lowest BCUT2D eigenvalue weighted by Gasteiger charge is -2.12. The summed E-state index contributed by atoms with van der Waals surface area (Å²) in [5.74, 6) is 1.34. The van der Waals surface area contributed by atoms with E-state index >= 15 is 0 Å². The van der Waals surface area contributed by atoms with Crippen LogP contribution in [0.1, 0.15) is 31.8 Å². The molecule has 0 aliphatic carbocycles. The van der Waals surface area contributed by atoms with Crippen molar-refractivity contribution in [3.05, 3.63) is 76.8 Å². The standard InChI is InChI=1S/C25H21NO7/c1-14-18(33-25(28)15-6-5-9-26-13-15)8-7-17-23(27)22(32-24(14)17)11-16-10-20(30-3)21(31-4)12-19(16)29-2/h5-13H,1-4H3/b22-11-. The fourth-order valence-corrected chi connectivity index (χ4v) is 3.43. The molecule has 8 heteroatoms. The van der Waals surface area contributed by atoms with Crippen molar-refractivity contribution in [1.29, 1.82) is 0 Å². The van der Waals surface area contributed by atoms with Crippen LogP contribution < -0.4 is 23.7 Å². The second-order valence-corrected chi connectivity index (χ2v) is 7.09. The van der Waals surface area contributed by atoms with E-state index in [1.54, 1.807) is 55.6 Å². The van der Waals surface area contributed by atoms with Gasteiger partial charge in [0.1, 0.15) is 17.2 Å². The molecule has 0 amide bonds. The van der Waals surface area contributed by atoms with E-state index < -0.39 is 5.97 Å². The second kappa shape index (κ2) is 9.04. The van der Waals surface area contributed by atoms with Gasteiger partial charge in [-0.15, -0.1) is 0 Å². The predicted molar refractivity (Wildman–Crippen MR) is 119 cm³/mol. The molecule has 1 aliphatic heterocycles. The van der Waals surface area contributed by atoms with Gasteiger partial charge in [-0.1, -0.05) is 0 Å². The van der Waals surface area contributed by atoms with Crippen LogP contribution in [0, 0.1) is 6.92 Å². The minimum Gasteiger partial charge on any atom is -0.496 e. The minimum absolute atomic E-state index is 0.106. The van der Waals surface area contributed by atoms with Gasteiger partial charge in [-0.3, -0.25) is 9.78 Å². The maximum Gasteiger partial charge on any atom is 0.345 e. The Bertz CT molecular complexity index is 1270. The zero-order chi connectivity index (χ0) is 23.5. The minimum atomic E-state index is -0.554. The molecule has 8 nitrogen and oxygen atoms in total. The van der Waals surface area contributed by atoms with Gasteiger partial charge in [0.05, 0.1) is 32.5 Å². The van der Waals surface area contributed by atoms with Crippen LogP contribution in [-0.4, -0.2) is 38.1 Å². The summed E-state index contributed by atoms with van der Waals surface area (Å²) in [7, 11) is 4.56. The summed E-state index contributed by atoms with van der Waals surface area (Å²) in [6.45, 7) is 1.72. The fraction of sp³-hybridized carbons (Fsp3) is 0.160. The zero-order valence-electron chi connectivity index (χ0n) is 18.5. The molecule has 0 bridgehead atoms. The van der Waals surface area contributed by atoms with Crippen molar-refractivity contribution < 1.29 is 33.3 Å². The summed E-state index contributed by atoms with van der Waals surface area (Å²) in [5.41, 5.74) is 1.79. The highest BCUT2D eigenvalue weighted by Crippen LogP contribution is 2.41. The summed E-state index contributed by atoms with van der Waals surface area (Å²) < 4.78 is 27.5. The van der Waals surface area contributed by atoms with Crippen LogP contribution in [0.4, 0.5) is 0 Å². The molecule has 1 aliphatic rings. The van der Waals surface area contributed by atoms with E-state index in [2.05, 4.69) is 4.98 Å². The van der Waals surface area contributed by atoms with Crippen LogP contribution in [0.15, 0.2) is 54.6 Å². The SMILES string of the molecule is COc1cc(OC)c(OC)cc1/C=C1\Oc2c(ccc(OC(=O)c3cccnc3)c2C)C1=O. The summed E-state index contributed by atoms with van der Waals surface area (Å²) in [5, 5.41) is 0. The number of aromatic nitrogens is 1. The number of pyridine rings is 1. The summed E-state index contributed by atoms with van der Waals surface area (Å²) in [6.07, 6.45) is 4.56. The maximum atomic E-state index is 13.0. The summed E-state index contributed by atoms with van der Waals surface area (Å²) in [6, 6.07) is 9.76. The number of hydrogen-bond donors (Lipinski definition) is 0. The molecule has 0 atom stereocenters. The van der Waals surface area contributed by atoms with Gasteiger partial charge in [0.2, 0.25) is 5.78 Å². The molecular formula is C25H21NO7. The Balaban J connectivity index is 1.66. The van der Waals surface area contributed by atoms with Crippen molar-refractivity contribution >= 4 is 17.8 Å². The number of allylic oxidation sites excluding steroid dienone is 1. The first-order valence-electron chi connectivity index (χ1n) is 9.97. The molecule has 4 rings (SSSR count). The van der Waals surface area contributed by atoms with Crippen LogP contribution in [0.25, 0.3) is 6.08 Å². The monoisotopic (exact) mass is 447 g/mol. The third-order valence-corrected chi connectivity index (χ3v) is 5.16. The predicted octanol–water partition coefficient (Wildman–Crippen LogP) is 4.25. The maximum absolute atomic E-state index is 13.0. The van der Waals surface area contributed by atoms with E-state index in [4.69, 9.17) is 23.7 Å². The Morgan fingerprint density at radius 2 is 1.70 bits per heavy atom. The lowest BCUT2D eigenvalue weighted by molar-refractivity contribution is 0.0732.